The van der Waals surface area contributed by atoms with Gasteiger partial charge in [-0.05, 0) is 24.6 Å². The second kappa shape index (κ2) is 4.65. The van der Waals surface area contributed by atoms with E-state index in [0.29, 0.717) is 5.82 Å². The van der Waals surface area contributed by atoms with Crippen LogP contribution in [-0.2, 0) is 11.3 Å². The first-order valence-electron chi connectivity index (χ1n) is 5.15. The average molecular weight is 231 g/mol. The highest BCUT2D eigenvalue weighted by molar-refractivity contribution is 5.90. The van der Waals surface area contributed by atoms with Crippen LogP contribution in [0.2, 0.25) is 0 Å². The van der Waals surface area contributed by atoms with Gasteiger partial charge in [-0.25, -0.2) is 0 Å². The number of carbonyl (C=O) groups excluding carboxylic acids is 1. The third kappa shape index (κ3) is 3.04. The number of nitrogens with two attached hydrogens (primary N) is 1. The molecule has 1 amide bonds. The van der Waals surface area contributed by atoms with Gasteiger partial charge in [0.25, 0.3) is 0 Å². The molecule has 0 aliphatic heterocycles. The van der Waals surface area contributed by atoms with Crippen LogP contribution in [0.25, 0.3) is 0 Å². The molecular weight excluding hydrogens is 218 g/mol. The lowest BCUT2D eigenvalue weighted by molar-refractivity contribution is -0.117. The molecule has 3 N–H and O–H groups in total. The van der Waals surface area contributed by atoms with E-state index in [1.54, 1.807) is 0 Å². The summed E-state index contributed by atoms with van der Waals surface area (Å²) >= 11 is 0. The minimum absolute atomic E-state index is 0.0468. The molecule has 1 aromatic carbocycles. The van der Waals surface area contributed by atoms with E-state index in [9.17, 15) is 4.79 Å². The zero-order valence-corrected chi connectivity index (χ0v) is 9.42. The summed E-state index contributed by atoms with van der Waals surface area (Å²) in [5, 5.41) is 10.4. The van der Waals surface area contributed by atoms with Crippen molar-refractivity contribution < 1.29 is 4.79 Å². The number of carbonyl (C=O) groups is 1. The molecule has 0 bridgehead atoms. The van der Waals surface area contributed by atoms with Crippen LogP contribution in [-0.4, -0.2) is 20.9 Å². The summed E-state index contributed by atoms with van der Waals surface area (Å²) in [6, 6.07) is 7.57. The van der Waals surface area contributed by atoms with Crippen LogP contribution in [0.3, 0.4) is 0 Å². The summed E-state index contributed by atoms with van der Waals surface area (Å²) in [6.45, 7) is 2.01. The van der Waals surface area contributed by atoms with E-state index in [-0.39, 0.29) is 12.5 Å². The van der Waals surface area contributed by atoms with Crippen molar-refractivity contribution in [2.75, 3.05) is 11.1 Å². The number of rotatable bonds is 3. The van der Waals surface area contributed by atoms with Gasteiger partial charge in [-0.3, -0.25) is 4.79 Å². The first kappa shape index (κ1) is 11.1. The predicted molar refractivity (Wildman–Crippen MR) is 64.2 cm³/mol. The smallest absolute Gasteiger partial charge is 0.247 e. The second-order valence-corrected chi connectivity index (χ2v) is 3.72. The molecule has 6 nitrogen and oxygen atoms in total. The SMILES string of the molecule is Cc1cccc(NC(=O)Cn2ncc(N)n2)c1. The van der Waals surface area contributed by atoms with E-state index < -0.39 is 0 Å². The maximum atomic E-state index is 11.6. The van der Waals surface area contributed by atoms with Crippen molar-refractivity contribution in [3.63, 3.8) is 0 Å². The Morgan fingerprint density at radius 3 is 3.00 bits per heavy atom. The molecule has 6 heteroatoms. The molecule has 0 atom stereocenters. The Bertz CT molecular complexity index is 534. The molecule has 2 aromatic rings. The molecule has 1 heterocycles. The van der Waals surface area contributed by atoms with Crippen molar-refractivity contribution in [3.8, 4) is 0 Å². The summed E-state index contributed by atoms with van der Waals surface area (Å²) in [4.78, 5) is 12.9. The molecule has 17 heavy (non-hydrogen) atoms. The van der Waals surface area contributed by atoms with Crippen LogP contribution in [0.5, 0.6) is 0 Å². The minimum Gasteiger partial charge on any atom is -0.381 e. The number of hydrogen-bond donors (Lipinski definition) is 2. The van der Waals surface area contributed by atoms with E-state index >= 15 is 0 Å². The lowest BCUT2D eigenvalue weighted by atomic mass is 10.2. The first-order chi connectivity index (χ1) is 8.13. The molecule has 0 saturated heterocycles. The van der Waals surface area contributed by atoms with Crippen LogP contribution in [0.1, 0.15) is 5.56 Å². The summed E-state index contributed by atoms with van der Waals surface area (Å²) < 4.78 is 0. The molecule has 0 fully saturated rings. The van der Waals surface area contributed by atoms with Crippen LogP contribution in [0.15, 0.2) is 30.5 Å². The largest absolute Gasteiger partial charge is 0.381 e. The summed E-state index contributed by atoms with van der Waals surface area (Å²) in [5.41, 5.74) is 7.25. The fourth-order valence-corrected chi connectivity index (χ4v) is 1.44. The fourth-order valence-electron chi connectivity index (χ4n) is 1.44. The lowest BCUT2D eigenvalue weighted by Gasteiger charge is -2.05. The Balaban J connectivity index is 1.98. The maximum absolute atomic E-state index is 11.6. The molecule has 2 rings (SSSR count). The molecule has 0 aliphatic rings. The van der Waals surface area contributed by atoms with E-state index in [4.69, 9.17) is 5.73 Å². The number of nitrogen functional groups attached to an aromatic ring is 1. The van der Waals surface area contributed by atoms with Crippen LogP contribution in [0, 0.1) is 6.92 Å². The molecule has 0 aliphatic carbocycles. The Labute approximate surface area is 98.4 Å². The van der Waals surface area contributed by atoms with Crippen molar-refractivity contribution >= 4 is 17.4 Å². The van der Waals surface area contributed by atoms with Crippen molar-refractivity contribution in [3.05, 3.63) is 36.0 Å². The quantitative estimate of drug-likeness (QED) is 0.818. The zero-order valence-electron chi connectivity index (χ0n) is 9.42. The fraction of sp³-hybridized carbons (Fsp3) is 0.182. The van der Waals surface area contributed by atoms with Gasteiger partial charge in [0.15, 0.2) is 5.82 Å². The van der Waals surface area contributed by atoms with Gasteiger partial charge in [-0.2, -0.15) is 9.90 Å². The minimum atomic E-state index is -0.189. The number of hydrogen-bond acceptors (Lipinski definition) is 4. The number of aromatic nitrogens is 3. The van der Waals surface area contributed by atoms with Crippen molar-refractivity contribution in [1.29, 1.82) is 0 Å². The Hall–Kier alpha value is -2.37. The highest BCUT2D eigenvalue weighted by Gasteiger charge is 2.05. The zero-order chi connectivity index (χ0) is 12.3. The number of nitrogens with one attached hydrogen (secondary N) is 1. The van der Waals surface area contributed by atoms with Crippen LogP contribution in [0.4, 0.5) is 11.5 Å². The second-order valence-electron chi connectivity index (χ2n) is 3.72. The van der Waals surface area contributed by atoms with Crippen molar-refractivity contribution in [1.82, 2.24) is 15.0 Å². The summed E-state index contributed by atoms with van der Waals surface area (Å²) in [7, 11) is 0. The molecule has 0 radical (unpaired) electrons. The maximum Gasteiger partial charge on any atom is 0.247 e. The summed E-state index contributed by atoms with van der Waals surface area (Å²) in [5.74, 6) is 0.111. The predicted octanol–water partition coefficient (Wildman–Crippen LogP) is 0.807. The Morgan fingerprint density at radius 2 is 2.35 bits per heavy atom. The number of benzene rings is 1. The molecule has 1 aromatic heterocycles. The highest BCUT2D eigenvalue weighted by Crippen LogP contribution is 2.09. The molecule has 88 valence electrons. The van der Waals surface area contributed by atoms with Gasteiger partial charge in [0, 0.05) is 5.69 Å². The highest BCUT2D eigenvalue weighted by atomic mass is 16.2. The third-order valence-corrected chi connectivity index (χ3v) is 2.14. The lowest BCUT2D eigenvalue weighted by Crippen LogP contribution is -2.20. The molecule has 0 saturated carbocycles. The summed E-state index contributed by atoms with van der Waals surface area (Å²) in [6.07, 6.45) is 1.40. The van der Waals surface area contributed by atoms with E-state index in [1.807, 2.05) is 31.2 Å². The van der Waals surface area contributed by atoms with Gasteiger partial charge in [0.05, 0.1) is 6.20 Å². The van der Waals surface area contributed by atoms with Gasteiger partial charge in [-0.15, -0.1) is 5.10 Å². The number of anilines is 2. The number of amides is 1. The Kier molecular flexibility index (Phi) is 3.04. The Morgan fingerprint density at radius 1 is 1.53 bits per heavy atom. The molecule has 0 spiro atoms. The average Bonchev–Trinajstić information content (AvgIpc) is 2.63. The van der Waals surface area contributed by atoms with Gasteiger partial charge in [-0.1, -0.05) is 12.1 Å². The van der Waals surface area contributed by atoms with Crippen LogP contribution >= 0.6 is 0 Å². The van der Waals surface area contributed by atoms with Gasteiger partial charge >= 0.3 is 0 Å². The van der Waals surface area contributed by atoms with Gasteiger partial charge in [0.2, 0.25) is 5.91 Å². The number of aryl methyl sites for hydroxylation is 1. The monoisotopic (exact) mass is 231 g/mol. The van der Waals surface area contributed by atoms with E-state index in [1.165, 1.54) is 11.0 Å². The normalized spacial score (nSPS) is 10.2. The third-order valence-electron chi connectivity index (χ3n) is 2.14. The topological polar surface area (TPSA) is 85.8 Å². The first-order valence-corrected chi connectivity index (χ1v) is 5.15. The van der Waals surface area contributed by atoms with Crippen molar-refractivity contribution in [2.24, 2.45) is 0 Å². The van der Waals surface area contributed by atoms with Gasteiger partial charge < -0.3 is 11.1 Å². The van der Waals surface area contributed by atoms with Gasteiger partial charge in [0.1, 0.15) is 6.54 Å². The van der Waals surface area contributed by atoms with Crippen LogP contribution < -0.4 is 11.1 Å². The standard InChI is InChI=1S/C11H13N5O/c1-8-3-2-4-9(5-8)14-11(17)7-16-13-6-10(12)15-16/h2-6H,7H2,1H3,(H2,12,15)(H,14,17). The van der Waals surface area contributed by atoms with E-state index in [2.05, 4.69) is 15.5 Å². The molecule has 0 unspecified atom stereocenters. The van der Waals surface area contributed by atoms with E-state index in [0.717, 1.165) is 11.3 Å². The number of nitrogens with zero attached hydrogens (tertiary/aromatic N) is 3. The van der Waals surface area contributed by atoms with Crippen molar-refractivity contribution in [2.45, 2.75) is 13.5 Å². The molecular formula is C11H13N5O.